The number of hydrogen-bond donors (Lipinski definition) is 0. The Labute approximate surface area is 81.0 Å². The molecule has 0 atom stereocenters. The molecule has 0 bridgehead atoms. The van der Waals surface area contributed by atoms with Crippen LogP contribution < -0.4 is 0 Å². The summed E-state index contributed by atoms with van der Waals surface area (Å²) in [5, 5.41) is 16.9. The largest absolute Gasteiger partial charge is 0.197 e. The van der Waals surface area contributed by atoms with Crippen molar-refractivity contribution in [3.8, 4) is 12.1 Å². The lowest BCUT2D eigenvalue weighted by Crippen LogP contribution is -1.97. The van der Waals surface area contributed by atoms with Gasteiger partial charge >= 0.3 is 0 Å². The molecule has 0 aromatic rings. The van der Waals surface area contributed by atoms with Crippen LogP contribution in [0.3, 0.4) is 0 Å². The zero-order chi connectivity index (χ0) is 10.3. The lowest BCUT2D eigenvalue weighted by Gasteiger charge is -2.18. The number of halogens is 1. The van der Waals surface area contributed by atoms with Gasteiger partial charge in [0.25, 0.3) is 0 Å². The van der Waals surface area contributed by atoms with Gasteiger partial charge in [-0.1, -0.05) is 16.8 Å². The number of nitrogens with zero attached hydrogens (tertiary/aromatic N) is 2. The smallest absolute Gasteiger partial charge is 0.133 e. The van der Waals surface area contributed by atoms with E-state index in [4.69, 9.17) is 10.5 Å². The summed E-state index contributed by atoms with van der Waals surface area (Å²) in [5.41, 5.74) is 0. The third-order valence-electron chi connectivity index (χ3n) is 1.68. The zero-order valence-corrected chi connectivity index (χ0v) is 8.90. The van der Waals surface area contributed by atoms with Crippen molar-refractivity contribution < 1.29 is 3.89 Å². The molecule has 4 heteroatoms. The Balaban J connectivity index is 3.49. The Bertz CT molecular complexity index is 207. The van der Waals surface area contributed by atoms with Crippen LogP contribution in [0.25, 0.3) is 0 Å². The van der Waals surface area contributed by atoms with Crippen molar-refractivity contribution in [2.75, 3.05) is 18.3 Å². The van der Waals surface area contributed by atoms with Crippen molar-refractivity contribution in [1.29, 1.82) is 10.5 Å². The summed E-state index contributed by atoms with van der Waals surface area (Å²) in [6.07, 6.45) is 5.37. The van der Waals surface area contributed by atoms with Crippen LogP contribution in [-0.2, 0) is 0 Å². The van der Waals surface area contributed by atoms with Crippen LogP contribution in [0.5, 0.6) is 0 Å². The van der Waals surface area contributed by atoms with Gasteiger partial charge in [0.05, 0.1) is 12.1 Å². The van der Waals surface area contributed by atoms with Crippen molar-refractivity contribution in [3.05, 3.63) is 0 Å². The first-order valence-corrected chi connectivity index (χ1v) is 6.71. The van der Waals surface area contributed by atoms with Crippen molar-refractivity contribution in [2.45, 2.75) is 19.3 Å². The molecule has 0 rings (SSSR count). The average Bonchev–Trinajstić information content (AvgIpc) is 2.03. The van der Waals surface area contributed by atoms with Crippen molar-refractivity contribution >= 4 is 10.4 Å². The van der Waals surface area contributed by atoms with Gasteiger partial charge in [0.1, 0.15) is 5.92 Å². The summed E-state index contributed by atoms with van der Waals surface area (Å²) in [6, 6.07) is 3.80. The molecule has 0 aromatic heterocycles. The van der Waals surface area contributed by atoms with E-state index in [0.717, 1.165) is 12.8 Å². The summed E-state index contributed by atoms with van der Waals surface area (Å²) in [5.74, 6) is 0.0639. The Morgan fingerprint density at radius 2 is 1.77 bits per heavy atom. The molecule has 0 radical (unpaired) electrons. The molecule has 0 spiro atoms. The van der Waals surface area contributed by atoms with Crippen LogP contribution in [0.2, 0.25) is 0 Å². The fourth-order valence-electron chi connectivity index (χ4n) is 0.952. The van der Waals surface area contributed by atoms with Gasteiger partial charge in [-0.3, -0.25) is 0 Å². The molecule has 2 nitrogen and oxygen atoms in total. The molecule has 0 N–H and O–H groups in total. The van der Waals surface area contributed by atoms with Crippen LogP contribution >= 0.6 is 10.4 Å². The molecule has 0 unspecified atom stereocenters. The molecule has 0 aliphatic heterocycles. The Hall–Kier alpha value is -0.740. The monoisotopic (exact) mass is 202 g/mol. The van der Waals surface area contributed by atoms with Crippen LogP contribution in [0.15, 0.2) is 0 Å². The van der Waals surface area contributed by atoms with E-state index in [1.165, 1.54) is 0 Å². The van der Waals surface area contributed by atoms with Gasteiger partial charge in [0, 0.05) is 5.75 Å². The first kappa shape index (κ1) is 12.3. The number of nitriles is 2. The van der Waals surface area contributed by atoms with E-state index in [1.54, 1.807) is 12.5 Å². The summed E-state index contributed by atoms with van der Waals surface area (Å²) in [6.45, 7) is 0. The second kappa shape index (κ2) is 5.83. The third-order valence-corrected chi connectivity index (χ3v) is 2.94. The second-order valence-corrected chi connectivity index (χ2v) is 6.63. The van der Waals surface area contributed by atoms with Gasteiger partial charge in [-0.05, 0) is 25.4 Å². The molecule has 0 amide bonds. The first-order chi connectivity index (χ1) is 5.99. The fourth-order valence-corrected chi connectivity index (χ4v) is 1.84. The van der Waals surface area contributed by atoms with Crippen LogP contribution in [0.4, 0.5) is 3.89 Å². The van der Waals surface area contributed by atoms with Gasteiger partial charge in [0.15, 0.2) is 0 Å². The SMILES string of the molecule is CS(C)(F)CCCCC(C#N)C#N. The lowest BCUT2D eigenvalue weighted by atomic mass is 10.1. The standard InChI is InChI=1S/C9H15FN2S/c1-13(2,10)6-4-3-5-9(7-11)8-12/h9H,3-6H2,1-2H3. The molecule has 0 aliphatic carbocycles. The molecule has 0 heterocycles. The molecule has 0 fully saturated rings. The molecule has 0 saturated heterocycles. The topological polar surface area (TPSA) is 47.6 Å². The lowest BCUT2D eigenvalue weighted by molar-refractivity contribution is 0.658. The third kappa shape index (κ3) is 7.62. The van der Waals surface area contributed by atoms with Crippen LogP contribution in [0, 0.1) is 28.6 Å². The Morgan fingerprint density at radius 3 is 2.15 bits per heavy atom. The predicted octanol–water partition coefficient (Wildman–Crippen LogP) is 2.77. The number of unbranched alkanes of at least 4 members (excludes halogenated alkanes) is 1. The molecule has 0 aliphatic rings. The highest BCUT2D eigenvalue weighted by atomic mass is 32.3. The van der Waals surface area contributed by atoms with Crippen molar-refractivity contribution in [3.63, 3.8) is 0 Å². The van der Waals surface area contributed by atoms with Crippen molar-refractivity contribution in [2.24, 2.45) is 5.92 Å². The average molecular weight is 202 g/mol. The van der Waals surface area contributed by atoms with E-state index in [0.29, 0.717) is 12.2 Å². The predicted molar refractivity (Wildman–Crippen MR) is 54.0 cm³/mol. The van der Waals surface area contributed by atoms with E-state index in [-0.39, 0.29) is 0 Å². The van der Waals surface area contributed by atoms with Gasteiger partial charge in [-0.25, -0.2) is 0 Å². The highest BCUT2D eigenvalue weighted by Crippen LogP contribution is 2.42. The van der Waals surface area contributed by atoms with E-state index < -0.39 is 16.3 Å². The molecular weight excluding hydrogens is 187 g/mol. The number of hydrogen-bond acceptors (Lipinski definition) is 2. The number of rotatable bonds is 5. The minimum absolute atomic E-state index is 0.516. The molecule has 0 saturated carbocycles. The highest BCUT2D eigenvalue weighted by Gasteiger charge is 2.09. The molecule has 74 valence electrons. The second-order valence-electron chi connectivity index (χ2n) is 3.41. The minimum atomic E-state index is -1.90. The Morgan fingerprint density at radius 1 is 1.23 bits per heavy atom. The summed E-state index contributed by atoms with van der Waals surface area (Å²) >= 11 is 0. The van der Waals surface area contributed by atoms with E-state index in [9.17, 15) is 3.89 Å². The van der Waals surface area contributed by atoms with E-state index >= 15 is 0 Å². The summed E-state index contributed by atoms with van der Waals surface area (Å²) < 4.78 is 13.0. The Kier molecular flexibility index (Phi) is 5.50. The van der Waals surface area contributed by atoms with E-state index in [1.807, 2.05) is 12.1 Å². The maximum absolute atomic E-state index is 13.0. The molecular formula is C9H15FN2S. The first-order valence-electron chi connectivity index (χ1n) is 4.19. The van der Waals surface area contributed by atoms with Gasteiger partial charge in [0.2, 0.25) is 0 Å². The van der Waals surface area contributed by atoms with Crippen molar-refractivity contribution in [1.82, 2.24) is 0 Å². The zero-order valence-electron chi connectivity index (χ0n) is 8.09. The van der Waals surface area contributed by atoms with Gasteiger partial charge in [-0.15, -0.1) is 0 Å². The maximum Gasteiger partial charge on any atom is 0.133 e. The quantitative estimate of drug-likeness (QED) is 0.643. The fraction of sp³-hybridized carbons (Fsp3) is 0.778. The maximum atomic E-state index is 13.0. The summed E-state index contributed by atoms with van der Waals surface area (Å²) in [4.78, 5) is 0. The van der Waals surface area contributed by atoms with E-state index in [2.05, 4.69) is 0 Å². The molecule has 13 heavy (non-hydrogen) atoms. The normalized spacial score (nSPS) is 12.2. The summed E-state index contributed by atoms with van der Waals surface area (Å²) in [7, 11) is -1.90. The van der Waals surface area contributed by atoms with Crippen LogP contribution in [-0.4, -0.2) is 18.3 Å². The molecule has 0 aromatic carbocycles. The van der Waals surface area contributed by atoms with Gasteiger partial charge < -0.3 is 0 Å². The van der Waals surface area contributed by atoms with Crippen LogP contribution in [0.1, 0.15) is 19.3 Å². The highest BCUT2D eigenvalue weighted by molar-refractivity contribution is 8.28. The van der Waals surface area contributed by atoms with Gasteiger partial charge in [-0.2, -0.15) is 14.4 Å². The minimum Gasteiger partial charge on any atom is -0.197 e.